The highest BCUT2D eigenvalue weighted by molar-refractivity contribution is 6.36. The van der Waals surface area contributed by atoms with Crippen LogP contribution in [0.5, 0.6) is 0 Å². The minimum absolute atomic E-state index is 0.149. The van der Waals surface area contributed by atoms with Crippen molar-refractivity contribution in [3.8, 4) is 0 Å². The predicted molar refractivity (Wildman–Crippen MR) is 89.5 cm³/mol. The maximum atomic E-state index is 12.0. The summed E-state index contributed by atoms with van der Waals surface area (Å²) < 4.78 is 0. The van der Waals surface area contributed by atoms with Gasteiger partial charge in [0.1, 0.15) is 0 Å². The predicted octanol–water partition coefficient (Wildman–Crippen LogP) is 2.82. The van der Waals surface area contributed by atoms with Gasteiger partial charge in [-0.2, -0.15) is 0 Å². The molecule has 0 saturated heterocycles. The molecule has 1 aromatic carbocycles. The standard InChI is InChI=1S/C16H15Cl2N3O2/c17-12-1-2-13(14(18)9-12)16(23)20-8-5-15(22)21-10-11-3-6-19-7-4-11/h1-4,6-7,9H,5,8,10H2,(H,20,23)(H,21,22). The molecule has 0 fully saturated rings. The zero-order valence-electron chi connectivity index (χ0n) is 12.2. The summed E-state index contributed by atoms with van der Waals surface area (Å²) in [6, 6.07) is 8.28. The number of hydrogen-bond donors (Lipinski definition) is 2. The fourth-order valence-electron chi connectivity index (χ4n) is 1.85. The van der Waals surface area contributed by atoms with Crippen molar-refractivity contribution >= 4 is 35.0 Å². The van der Waals surface area contributed by atoms with Crippen LogP contribution in [0.15, 0.2) is 42.7 Å². The van der Waals surface area contributed by atoms with Crippen molar-refractivity contribution in [3.05, 3.63) is 63.9 Å². The Morgan fingerprint density at radius 1 is 1.04 bits per heavy atom. The number of carbonyl (C=O) groups is 2. The highest BCUT2D eigenvalue weighted by Crippen LogP contribution is 2.20. The molecule has 2 rings (SSSR count). The molecular weight excluding hydrogens is 337 g/mol. The van der Waals surface area contributed by atoms with Gasteiger partial charge in [0.2, 0.25) is 5.91 Å². The number of amides is 2. The van der Waals surface area contributed by atoms with E-state index in [2.05, 4.69) is 15.6 Å². The van der Waals surface area contributed by atoms with Crippen LogP contribution in [0.3, 0.4) is 0 Å². The third-order valence-electron chi connectivity index (χ3n) is 3.05. The summed E-state index contributed by atoms with van der Waals surface area (Å²) in [4.78, 5) is 27.6. The molecule has 0 atom stereocenters. The Kier molecular flexibility index (Phi) is 6.38. The van der Waals surface area contributed by atoms with E-state index in [0.29, 0.717) is 17.1 Å². The van der Waals surface area contributed by atoms with Gasteiger partial charge in [0, 0.05) is 36.9 Å². The van der Waals surface area contributed by atoms with Gasteiger partial charge in [-0.25, -0.2) is 0 Å². The second kappa shape index (κ2) is 8.50. The molecule has 2 amide bonds. The largest absolute Gasteiger partial charge is 0.352 e. The van der Waals surface area contributed by atoms with Gasteiger partial charge >= 0.3 is 0 Å². The van der Waals surface area contributed by atoms with Gasteiger partial charge in [0.05, 0.1) is 10.6 Å². The molecule has 120 valence electrons. The lowest BCUT2D eigenvalue weighted by molar-refractivity contribution is -0.121. The van der Waals surface area contributed by atoms with Crippen LogP contribution in [0.1, 0.15) is 22.3 Å². The van der Waals surface area contributed by atoms with E-state index >= 15 is 0 Å². The number of aromatic nitrogens is 1. The zero-order chi connectivity index (χ0) is 16.7. The molecular formula is C16H15Cl2N3O2. The molecule has 0 aliphatic rings. The van der Waals surface area contributed by atoms with Crippen molar-refractivity contribution in [3.63, 3.8) is 0 Å². The molecule has 0 saturated carbocycles. The summed E-state index contributed by atoms with van der Waals surface area (Å²) in [5, 5.41) is 6.16. The highest BCUT2D eigenvalue weighted by Gasteiger charge is 2.10. The van der Waals surface area contributed by atoms with E-state index in [9.17, 15) is 9.59 Å². The smallest absolute Gasteiger partial charge is 0.252 e. The number of nitrogens with one attached hydrogen (secondary N) is 2. The maximum absolute atomic E-state index is 12.0. The molecule has 1 aromatic heterocycles. The fraction of sp³-hybridized carbons (Fsp3) is 0.188. The Morgan fingerprint density at radius 3 is 2.48 bits per heavy atom. The van der Waals surface area contributed by atoms with Gasteiger partial charge in [-0.15, -0.1) is 0 Å². The summed E-state index contributed by atoms with van der Waals surface area (Å²) in [6.45, 7) is 0.651. The second-order valence-electron chi connectivity index (χ2n) is 4.76. The minimum Gasteiger partial charge on any atom is -0.352 e. The quantitative estimate of drug-likeness (QED) is 0.840. The lowest BCUT2D eigenvalue weighted by atomic mass is 10.2. The van der Waals surface area contributed by atoms with E-state index in [1.807, 2.05) is 12.1 Å². The van der Waals surface area contributed by atoms with E-state index in [4.69, 9.17) is 23.2 Å². The molecule has 0 aliphatic heterocycles. The maximum Gasteiger partial charge on any atom is 0.252 e. The molecule has 5 nitrogen and oxygen atoms in total. The first-order chi connectivity index (χ1) is 11.1. The molecule has 0 aliphatic carbocycles. The molecule has 0 bridgehead atoms. The minimum atomic E-state index is -0.339. The Bertz CT molecular complexity index is 693. The van der Waals surface area contributed by atoms with Gasteiger partial charge in [-0.1, -0.05) is 23.2 Å². The van der Waals surface area contributed by atoms with Crippen molar-refractivity contribution < 1.29 is 9.59 Å². The van der Waals surface area contributed by atoms with Gasteiger partial charge < -0.3 is 10.6 Å². The van der Waals surface area contributed by atoms with Crippen LogP contribution in [-0.4, -0.2) is 23.3 Å². The normalized spacial score (nSPS) is 10.2. The number of hydrogen-bond acceptors (Lipinski definition) is 3. The van der Waals surface area contributed by atoms with E-state index in [1.165, 1.54) is 6.07 Å². The summed E-state index contributed by atoms with van der Waals surface area (Å²) >= 11 is 11.7. The van der Waals surface area contributed by atoms with Crippen LogP contribution in [0.2, 0.25) is 10.0 Å². The second-order valence-corrected chi connectivity index (χ2v) is 5.61. The molecule has 2 N–H and O–H groups in total. The van der Waals surface area contributed by atoms with Gasteiger partial charge in [0.15, 0.2) is 0 Å². The number of halogens is 2. The van der Waals surface area contributed by atoms with Crippen LogP contribution in [0, 0.1) is 0 Å². The molecule has 0 unspecified atom stereocenters. The Balaban J connectivity index is 1.73. The number of benzene rings is 1. The Morgan fingerprint density at radius 2 is 1.78 bits per heavy atom. The van der Waals surface area contributed by atoms with E-state index in [-0.39, 0.29) is 29.8 Å². The zero-order valence-corrected chi connectivity index (χ0v) is 13.7. The monoisotopic (exact) mass is 351 g/mol. The average molecular weight is 352 g/mol. The number of carbonyl (C=O) groups excluding carboxylic acids is 2. The van der Waals surface area contributed by atoms with Crippen molar-refractivity contribution in [2.75, 3.05) is 6.54 Å². The number of pyridine rings is 1. The first kappa shape index (κ1) is 17.2. The fourth-order valence-corrected chi connectivity index (χ4v) is 2.34. The Hall–Kier alpha value is -2.11. The van der Waals surface area contributed by atoms with Crippen molar-refractivity contribution in [2.45, 2.75) is 13.0 Å². The lowest BCUT2D eigenvalue weighted by Crippen LogP contribution is -2.30. The third kappa shape index (κ3) is 5.54. The highest BCUT2D eigenvalue weighted by atomic mass is 35.5. The van der Waals surface area contributed by atoms with Crippen LogP contribution in [-0.2, 0) is 11.3 Å². The molecule has 2 aromatic rings. The van der Waals surface area contributed by atoms with Crippen LogP contribution in [0.4, 0.5) is 0 Å². The summed E-state index contributed by atoms with van der Waals surface area (Å²) in [5.74, 6) is -0.488. The van der Waals surface area contributed by atoms with Crippen LogP contribution in [0.25, 0.3) is 0 Å². The number of nitrogens with zero attached hydrogens (tertiary/aromatic N) is 1. The first-order valence-electron chi connectivity index (χ1n) is 6.95. The van der Waals surface area contributed by atoms with Gasteiger partial charge in [-0.05, 0) is 35.9 Å². The summed E-state index contributed by atoms with van der Waals surface area (Å²) in [5.41, 5.74) is 1.29. The van der Waals surface area contributed by atoms with Crippen LogP contribution < -0.4 is 10.6 Å². The van der Waals surface area contributed by atoms with Crippen LogP contribution >= 0.6 is 23.2 Å². The molecule has 7 heteroatoms. The Labute approximate surface area is 144 Å². The van der Waals surface area contributed by atoms with Crippen molar-refractivity contribution in [2.24, 2.45) is 0 Å². The number of rotatable bonds is 6. The average Bonchev–Trinajstić information content (AvgIpc) is 2.53. The summed E-state index contributed by atoms with van der Waals surface area (Å²) in [7, 11) is 0. The third-order valence-corrected chi connectivity index (χ3v) is 3.60. The molecule has 1 heterocycles. The van der Waals surface area contributed by atoms with Gasteiger partial charge in [0.25, 0.3) is 5.91 Å². The first-order valence-corrected chi connectivity index (χ1v) is 7.70. The van der Waals surface area contributed by atoms with E-state index in [0.717, 1.165) is 5.56 Å². The lowest BCUT2D eigenvalue weighted by Gasteiger charge is -2.08. The molecule has 23 heavy (non-hydrogen) atoms. The van der Waals surface area contributed by atoms with E-state index in [1.54, 1.807) is 24.5 Å². The van der Waals surface area contributed by atoms with Crippen molar-refractivity contribution in [1.29, 1.82) is 0 Å². The topological polar surface area (TPSA) is 71.1 Å². The van der Waals surface area contributed by atoms with Gasteiger partial charge in [-0.3, -0.25) is 14.6 Å². The summed E-state index contributed by atoms with van der Waals surface area (Å²) in [6.07, 6.45) is 3.51. The molecule has 0 radical (unpaired) electrons. The van der Waals surface area contributed by atoms with Crippen molar-refractivity contribution in [1.82, 2.24) is 15.6 Å². The van der Waals surface area contributed by atoms with E-state index < -0.39 is 0 Å². The SMILES string of the molecule is O=C(CCNC(=O)c1ccc(Cl)cc1Cl)NCc1ccncc1. The molecule has 0 spiro atoms.